The second-order valence-electron chi connectivity index (χ2n) is 7.46. The minimum absolute atomic E-state index is 0.0605. The minimum atomic E-state index is -0.208. The first-order valence-corrected chi connectivity index (χ1v) is 9.20. The van der Waals surface area contributed by atoms with Crippen molar-refractivity contribution >= 4 is 11.7 Å². The molecule has 1 amide bonds. The summed E-state index contributed by atoms with van der Waals surface area (Å²) in [6, 6.07) is 4.13. The van der Waals surface area contributed by atoms with E-state index in [1.807, 2.05) is 6.92 Å². The van der Waals surface area contributed by atoms with Crippen LogP contribution in [0.5, 0.6) is 0 Å². The summed E-state index contributed by atoms with van der Waals surface area (Å²) in [5.41, 5.74) is 5.30. The van der Waals surface area contributed by atoms with Crippen LogP contribution >= 0.6 is 0 Å². The molecule has 2 rings (SSSR count). The molecule has 0 heterocycles. The summed E-state index contributed by atoms with van der Waals surface area (Å²) in [7, 11) is 1.80. The van der Waals surface area contributed by atoms with E-state index in [2.05, 4.69) is 44.4 Å². The molecule has 1 aliphatic carbocycles. The molecule has 1 aromatic carbocycles. The van der Waals surface area contributed by atoms with Crippen molar-refractivity contribution < 1.29 is 9.59 Å². The summed E-state index contributed by atoms with van der Waals surface area (Å²) in [5.74, 6) is 6.40. The van der Waals surface area contributed by atoms with Crippen molar-refractivity contribution in [3.05, 3.63) is 46.5 Å². The van der Waals surface area contributed by atoms with Gasteiger partial charge in [0.15, 0.2) is 0 Å². The fourth-order valence-corrected chi connectivity index (χ4v) is 3.94. The van der Waals surface area contributed by atoms with Crippen LogP contribution in [-0.4, -0.2) is 30.2 Å². The Hall–Kier alpha value is -2.34. The summed E-state index contributed by atoms with van der Waals surface area (Å²) in [4.78, 5) is 26.0. The Morgan fingerprint density at radius 2 is 1.88 bits per heavy atom. The van der Waals surface area contributed by atoms with Crippen LogP contribution < -0.4 is 0 Å². The molecule has 2 atom stereocenters. The predicted octanol–water partition coefficient (Wildman–Crippen LogP) is 4.16. The fourth-order valence-electron chi connectivity index (χ4n) is 3.94. The maximum atomic E-state index is 12.9. The van der Waals surface area contributed by atoms with Crippen molar-refractivity contribution in [2.75, 3.05) is 13.6 Å². The van der Waals surface area contributed by atoms with Gasteiger partial charge in [0.05, 0.1) is 5.92 Å². The highest BCUT2D eigenvalue weighted by molar-refractivity contribution is 5.91. The molecule has 0 spiro atoms. The molecule has 1 saturated carbocycles. The van der Waals surface area contributed by atoms with Crippen LogP contribution in [0.1, 0.15) is 61.3 Å². The first-order chi connectivity index (χ1) is 12.2. The molecule has 0 aromatic heterocycles. The molecule has 1 fully saturated rings. The average Bonchev–Trinajstić information content (AvgIpc) is 2.54. The van der Waals surface area contributed by atoms with Crippen molar-refractivity contribution in [3.8, 4) is 11.8 Å². The number of carbonyl (C=O) groups is 2. The van der Waals surface area contributed by atoms with Crippen molar-refractivity contribution in [3.63, 3.8) is 0 Å². The van der Waals surface area contributed by atoms with E-state index in [4.69, 9.17) is 0 Å². The van der Waals surface area contributed by atoms with Crippen LogP contribution in [0.4, 0.5) is 0 Å². The van der Waals surface area contributed by atoms with Crippen LogP contribution in [0, 0.1) is 31.6 Å². The van der Waals surface area contributed by atoms with Crippen molar-refractivity contribution in [1.29, 1.82) is 0 Å². The number of aryl methyl sites for hydroxylation is 2. The number of hydrogen-bond donors (Lipinski definition) is 0. The summed E-state index contributed by atoms with van der Waals surface area (Å²) in [5, 5.41) is 0. The van der Waals surface area contributed by atoms with Crippen molar-refractivity contribution in [2.24, 2.45) is 5.92 Å². The van der Waals surface area contributed by atoms with E-state index >= 15 is 0 Å². The van der Waals surface area contributed by atoms with E-state index in [9.17, 15) is 9.59 Å². The van der Waals surface area contributed by atoms with Crippen LogP contribution in [0.3, 0.4) is 0 Å². The van der Waals surface area contributed by atoms with E-state index in [-0.39, 0.29) is 23.5 Å². The van der Waals surface area contributed by atoms with E-state index < -0.39 is 0 Å². The minimum Gasteiger partial charge on any atom is -0.346 e. The van der Waals surface area contributed by atoms with Gasteiger partial charge < -0.3 is 4.90 Å². The first-order valence-electron chi connectivity index (χ1n) is 9.20. The fraction of sp³-hybridized carbons (Fsp3) is 0.478. The highest BCUT2D eigenvalue weighted by Gasteiger charge is 2.34. The van der Waals surface area contributed by atoms with Crippen LogP contribution in [0.25, 0.3) is 0 Å². The lowest BCUT2D eigenvalue weighted by Crippen LogP contribution is -2.30. The standard InChI is InChI=1S/C23H29NO2/c1-7-8-19-11-15(2)22(16(3)12-19)23-17(4)13-20(14-21(23)26)9-10-24(6)18(5)25/h11-12,20,23H,4,9-10,13-14H2,1-3,5-6H3. The Bertz CT molecular complexity index is 753. The normalized spacial score (nSPS) is 19.7. The van der Waals surface area contributed by atoms with Crippen LogP contribution in [-0.2, 0) is 9.59 Å². The van der Waals surface area contributed by atoms with Gasteiger partial charge in [-0.3, -0.25) is 9.59 Å². The van der Waals surface area contributed by atoms with Crippen LogP contribution in [0.15, 0.2) is 24.3 Å². The number of hydrogen-bond acceptors (Lipinski definition) is 2. The number of ketones is 1. The molecule has 1 aromatic rings. The Labute approximate surface area is 157 Å². The third kappa shape index (κ3) is 4.43. The van der Waals surface area contributed by atoms with Gasteiger partial charge in [0, 0.05) is 32.5 Å². The number of amides is 1. The quantitative estimate of drug-likeness (QED) is 0.603. The molecule has 0 saturated heterocycles. The number of rotatable bonds is 4. The number of nitrogens with zero attached hydrogens (tertiary/aromatic N) is 1. The Morgan fingerprint density at radius 1 is 1.27 bits per heavy atom. The smallest absolute Gasteiger partial charge is 0.219 e. The number of carbonyl (C=O) groups excluding carboxylic acids is 2. The lowest BCUT2D eigenvalue weighted by molar-refractivity contribution is -0.127. The summed E-state index contributed by atoms with van der Waals surface area (Å²) in [6.07, 6.45) is 2.25. The second-order valence-corrected chi connectivity index (χ2v) is 7.46. The van der Waals surface area contributed by atoms with Gasteiger partial charge in [-0.2, -0.15) is 0 Å². The van der Waals surface area contributed by atoms with Gasteiger partial charge in [0.2, 0.25) is 5.91 Å². The lowest BCUT2D eigenvalue weighted by Gasteiger charge is -2.32. The molecule has 0 N–H and O–H groups in total. The monoisotopic (exact) mass is 351 g/mol. The zero-order valence-corrected chi connectivity index (χ0v) is 16.6. The third-order valence-electron chi connectivity index (χ3n) is 5.33. The number of Topliss-reactive ketones (excluding diaryl/α,β-unsaturated/α-hetero) is 1. The molecule has 3 heteroatoms. The van der Waals surface area contributed by atoms with Gasteiger partial charge in [0.25, 0.3) is 0 Å². The first kappa shape index (κ1) is 20.0. The molecule has 3 nitrogen and oxygen atoms in total. The predicted molar refractivity (Wildman–Crippen MR) is 106 cm³/mol. The molecule has 2 unspecified atom stereocenters. The van der Waals surface area contributed by atoms with Gasteiger partial charge in [-0.15, -0.1) is 5.92 Å². The largest absolute Gasteiger partial charge is 0.346 e. The highest BCUT2D eigenvalue weighted by Crippen LogP contribution is 2.40. The molecule has 26 heavy (non-hydrogen) atoms. The zero-order chi connectivity index (χ0) is 19.4. The zero-order valence-electron chi connectivity index (χ0n) is 16.6. The second kappa shape index (κ2) is 8.36. The van der Waals surface area contributed by atoms with Gasteiger partial charge in [-0.25, -0.2) is 0 Å². The van der Waals surface area contributed by atoms with Gasteiger partial charge >= 0.3 is 0 Å². The maximum Gasteiger partial charge on any atom is 0.219 e. The summed E-state index contributed by atoms with van der Waals surface area (Å²) in [6.45, 7) is 12.4. The highest BCUT2D eigenvalue weighted by atomic mass is 16.2. The number of allylic oxidation sites excluding steroid dienone is 1. The maximum absolute atomic E-state index is 12.9. The third-order valence-corrected chi connectivity index (χ3v) is 5.33. The molecule has 0 bridgehead atoms. The Kier molecular flexibility index (Phi) is 6.42. The van der Waals surface area contributed by atoms with Crippen LogP contribution in [0.2, 0.25) is 0 Å². The van der Waals surface area contributed by atoms with Crippen molar-refractivity contribution in [1.82, 2.24) is 4.90 Å². The lowest BCUT2D eigenvalue weighted by atomic mass is 9.71. The summed E-state index contributed by atoms with van der Waals surface area (Å²) >= 11 is 0. The molecular formula is C23H29NO2. The van der Waals surface area contributed by atoms with E-state index in [0.29, 0.717) is 13.0 Å². The SMILES string of the molecule is C=C1CC(CCN(C)C(C)=O)CC(=O)C1c1c(C)cc(C#CC)cc1C. The molecule has 1 aliphatic rings. The molecular weight excluding hydrogens is 322 g/mol. The average molecular weight is 351 g/mol. The Balaban J connectivity index is 2.18. The molecule has 0 radical (unpaired) electrons. The van der Waals surface area contributed by atoms with E-state index in [0.717, 1.165) is 40.7 Å². The van der Waals surface area contributed by atoms with Gasteiger partial charge in [-0.1, -0.05) is 18.1 Å². The summed E-state index contributed by atoms with van der Waals surface area (Å²) < 4.78 is 0. The van der Waals surface area contributed by atoms with Crippen molar-refractivity contribution in [2.45, 2.75) is 52.9 Å². The molecule has 0 aliphatic heterocycles. The molecule has 138 valence electrons. The number of benzene rings is 1. The van der Waals surface area contributed by atoms with Gasteiger partial charge in [0.1, 0.15) is 5.78 Å². The van der Waals surface area contributed by atoms with E-state index in [1.54, 1.807) is 18.9 Å². The van der Waals surface area contributed by atoms with Gasteiger partial charge in [-0.05, 0) is 68.4 Å². The topological polar surface area (TPSA) is 37.4 Å². The Morgan fingerprint density at radius 3 is 2.38 bits per heavy atom. The van der Waals surface area contributed by atoms with E-state index in [1.165, 1.54) is 0 Å².